The van der Waals surface area contributed by atoms with E-state index in [0.29, 0.717) is 11.4 Å². The molecule has 2 rings (SSSR count). The fourth-order valence-electron chi connectivity index (χ4n) is 2.03. The van der Waals surface area contributed by atoms with E-state index in [0.717, 1.165) is 18.6 Å². The Kier molecular flexibility index (Phi) is 2.97. The van der Waals surface area contributed by atoms with Gasteiger partial charge in [0.1, 0.15) is 5.69 Å². The lowest BCUT2D eigenvalue weighted by Gasteiger charge is -2.21. The maximum absolute atomic E-state index is 12.5. The highest BCUT2D eigenvalue weighted by molar-refractivity contribution is 8.01. The second-order valence-corrected chi connectivity index (χ2v) is 5.80. The minimum Gasteiger partial charge on any atom is -0.493 e. The van der Waals surface area contributed by atoms with Gasteiger partial charge in [0, 0.05) is 7.05 Å². The highest BCUT2D eigenvalue weighted by Crippen LogP contribution is 2.41. The molecule has 16 heavy (non-hydrogen) atoms. The number of rotatable bonds is 3. The van der Waals surface area contributed by atoms with Crippen molar-refractivity contribution in [3.05, 3.63) is 11.9 Å². The number of aromatic nitrogens is 2. The fraction of sp³-hybridized carbons (Fsp3) is 0.636. The van der Waals surface area contributed by atoms with Crippen molar-refractivity contribution in [3.63, 3.8) is 0 Å². The standard InChI is InChI=1S/C11H16N2O2S/c1-11(5-4-6-16-11)10(14)9-8(15-3)7-12-13(9)2/h7H,4-6H2,1-3H3. The average molecular weight is 240 g/mol. The highest BCUT2D eigenvalue weighted by Gasteiger charge is 2.40. The summed E-state index contributed by atoms with van der Waals surface area (Å²) in [6.45, 7) is 2.01. The van der Waals surface area contributed by atoms with Crippen molar-refractivity contribution >= 4 is 17.5 Å². The number of hydrogen-bond donors (Lipinski definition) is 0. The van der Waals surface area contributed by atoms with E-state index in [1.807, 2.05) is 6.92 Å². The molecule has 5 heteroatoms. The Labute approximate surface area is 99.4 Å². The van der Waals surface area contributed by atoms with Gasteiger partial charge in [0.05, 0.1) is 18.1 Å². The van der Waals surface area contributed by atoms with E-state index < -0.39 is 0 Å². The summed E-state index contributed by atoms with van der Waals surface area (Å²) in [5.41, 5.74) is 0.583. The number of Topliss-reactive ketones (excluding diaryl/α,β-unsaturated/α-hetero) is 1. The summed E-state index contributed by atoms with van der Waals surface area (Å²) < 4.78 is 6.48. The Morgan fingerprint density at radius 2 is 2.44 bits per heavy atom. The van der Waals surface area contributed by atoms with Crippen molar-refractivity contribution in [1.29, 1.82) is 0 Å². The highest BCUT2D eigenvalue weighted by atomic mass is 32.2. The van der Waals surface area contributed by atoms with Gasteiger partial charge in [-0.25, -0.2) is 0 Å². The second-order valence-electron chi connectivity index (χ2n) is 4.20. The molecule has 0 bridgehead atoms. The molecule has 88 valence electrons. The van der Waals surface area contributed by atoms with Crippen LogP contribution in [0.4, 0.5) is 0 Å². The largest absolute Gasteiger partial charge is 0.493 e. The van der Waals surface area contributed by atoms with Crippen molar-refractivity contribution in [2.45, 2.75) is 24.5 Å². The summed E-state index contributed by atoms with van der Waals surface area (Å²) in [4.78, 5) is 12.5. The lowest BCUT2D eigenvalue weighted by molar-refractivity contribution is 0.0936. The molecule has 2 heterocycles. The quantitative estimate of drug-likeness (QED) is 0.757. The molecule has 1 unspecified atom stereocenters. The summed E-state index contributed by atoms with van der Waals surface area (Å²) in [5, 5.41) is 4.07. The number of nitrogens with zero attached hydrogens (tertiary/aromatic N) is 2. The number of ketones is 1. The van der Waals surface area contributed by atoms with Gasteiger partial charge in [-0.3, -0.25) is 9.48 Å². The molecule has 0 saturated carbocycles. The molecule has 1 aliphatic heterocycles. The van der Waals surface area contributed by atoms with Gasteiger partial charge in [-0.2, -0.15) is 5.10 Å². The van der Waals surface area contributed by atoms with Crippen molar-refractivity contribution in [3.8, 4) is 5.75 Å². The Morgan fingerprint density at radius 3 is 3.00 bits per heavy atom. The van der Waals surface area contributed by atoms with Gasteiger partial charge in [-0.05, 0) is 25.5 Å². The summed E-state index contributed by atoms with van der Waals surface area (Å²) in [6, 6.07) is 0. The maximum Gasteiger partial charge on any atom is 0.200 e. The molecule has 1 atom stereocenters. The van der Waals surface area contributed by atoms with Crippen molar-refractivity contribution in [2.75, 3.05) is 12.9 Å². The Hall–Kier alpha value is -0.970. The SMILES string of the molecule is COc1cnn(C)c1C(=O)C1(C)CCCS1. The van der Waals surface area contributed by atoms with E-state index in [-0.39, 0.29) is 10.5 Å². The molecule has 0 amide bonds. The van der Waals surface area contributed by atoms with Crippen LogP contribution >= 0.6 is 11.8 Å². The lowest BCUT2D eigenvalue weighted by Crippen LogP contribution is -2.30. The molecule has 1 aromatic rings. The van der Waals surface area contributed by atoms with Gasteiger partial charge < -0.3 is 4.74 Å². The number of aryl methyl sites for hydroxylation is 1. The normalized spacial score (nSPS) is 24.7. The monoisotopic (exact) mass is 240 g/mol. The molecule has 0 N–H and O–H groups in total. The molecule has 1 aliphatic rings. The number of hydrogen-bond acceptors (Lipinski definition) is 4. The summed E-state index contributed by atoms with van der Waals surface area (Å²) in [6.07, 6.45) is 3.63. The van der Waals surface area contributed by atoms with Crippen LogP contribution in [-0.2, 0) is 7.05 Å². The lowest BCUT2D eigenvalue weighted by atomic mass is 9.97. The Morgan fingerprint density at radius 1 is 1.69 bits per heavy atom. The van der Waals surface area contributed by atoms with Crippen LogP contribution in [0, 0.1) is 0 Å². The van der Waals surface area contributed by atoms with Gasteiger partial charge in [-0.15, -0.1) is 11.8 Å². The maximum atomic E-state index is 12.5. The second kappa shape index (κ2) is 4.13. The number of ether oxygens (including phenoxy) is 1. The predicted molar refractivity (Wildman–Crippen MR) is 64.2 cm³/mol. The summed E-state index contributed by atoms with van der Waals surface area (Å²) in [5.74, 6) is 1.76. The molecule has 1 aromatic heterocycles. The molecular weight excluding hydrogens is 224 g/mol. The molecule has 1 saturated heterocycles. The van der Waals surface area contributed by atoms with E-state index in [1.54, 1.807) is 36.8 Å². The summed E-state index contributed by atoms with van der Waals surface area (Å²) >= 11 is 1.73. The predicted octanol–water partition coefficient (Wildman–Crippen LogP) is 1.90. The third kappa shape index (κ3) is 1.73. The average Bonchev–Trinajstić information content (AvgIpc) is 2.85. The number of thioether (sulfide) groups is 1. The van der Waals surface area contributed by atoms with E-state index in [9.17, 15) is 4.79 Å². The van der Waals surface area contributed by atoms with Crippen molar-refractivity contribution in [1.82, 2.24) is 9.78 Å². The first-order chi connectivity index (χ1) is 7.58. The van der Waals surface area contributed by atoms with Crippen LogP contribution in [0.1, 0.15) is 30.3 Å². The van der Waals surface area contributed by atoms with Gasteiger partial charge >= 0.3 is 0 Å². The van der Waals surface area contributed by atoms with Crippen molar-refractivity contribution in [2.24, 2.45) is 7.05 Å². The van der Waals surface area contributed by atoms with Crippen LogP contribution in [0.2, 0.25) is 0 Å². The zero-order chi connectivity index (χ0) is 11.8. The molecule has 0 aliphatic carbocycles. The molecule has 0 spiro atoms. The van der Waals surface area contributed by atoms with E-state index in [2.05, 4.69) is 5.10 Å². The minimum absolute atomic E-state index is 0.131. The van der Waals surface area contributed by atoms with Gasteiger partial charge in [-0.1, -0.05) is 0 Å². The first kappa shape index (κ1) is 11.5. The van der Waals surface area contributed by atoms with Gasteiger partial charge in [0.2, 0.25) is 0 Å². The van der Waals surface area contributed by atoms with Crippen LogP contribution in [0.15, 0.2) is 6.20 Å². The Balaban J connectivity index is 2.36. The van der Waals surface area contributed by atoms with Crippen molar-refractivity contribution < 1.29 is 9.53 Å². The number of methoxy groups -OCH3 is 1. The molecule has 1 fully saturated rings. The van der Waals surface area contributed by atoms with Crippen LogP contribution in [-0.4, -0.2) is 33.2 Å². The van der Waals surface area contributed by atoms with Gasteiger partial charge in [0.25, 0.3) is 0 Å². The van der Waals surface area contributed by atoms with E-state index in [1.165, 1.54) is 0 Å². The molecule has 0 radical (unpaired) electrons. The topological polar surface area (TPSA) is 44.1 Å². The fourth-order valence-corrected chi connectivity index (χ4v) is 3.29. The third-order valence-electron chi connectivity index (χ3n) is 3.04. The van der Waals surface area contributed by atoms with Crippen LogP contribution < -0.4 is 4.74 Å². The van der Waals surface area contributed by atoms with Crippen LogP contribution in [0.5, 0.6) is 5.75 Å². The number of carbonyl (C=O) groups excluding carboxylic acids is 1. The molecular formula is C11H16N2O2S. The summed E-state index contributed by atoms with van der Waals surface area (Å²) in [7, 11) is 3.34. The van der Waals surface area contributed by atoms with E-state index >= 15 is 0 Å². The first-order valence-electron chi connectivity index (χ1n) is 5.33. The zero-order valence-electron chi connectivity index (χ0n) is 9.82. The van der Waals surface area contributed by atoms with Crippen LogP contribution in [0.25, 0.3) is 0 Å². The Bertz CT molecular complexity index is 408. The zero-order valence-corrected chi connectivity index (χ0v) is 10.6. The first-order valence-corrected chi connectivity index (χ1v) is 6.32. The van der Waals surface area contributed by atoms with Gasteiger partial charge in [0.15, 0.2) is 11.5 Å². The molecule has 4 nitrogen and oxygen atoms in total. The molecule has 0 aromatic carbocycles. The number of carbonyl (C=O) groups is 1. The minimum atomic E-state index is -0.304. The van der Waals surface area contributed by atoms with Crippen LogP contribution in [0.3, 0.4) is 0 Å². The smallest absolute Gasteiger partial charge is 0.200 e. The van der Waals surface area contributed by atoms with E-state index in [4.69, 9.17) is 4.74 Å². The third-order valence-corrected chi connectivity index (χ3v) is 4.56.